The standard InChI is InChI=1S/C9H16N2.H3O4P/c1-5-6-11-7-8(2)10(4)9(11)3;1-5(2,3)4/h5,7,9H,1,6H2,2-4H3;(H3,1,2,3,4). The Morgan fingerprint density at radius 1 is 1.56 bits per heavy atom. The van der Waals surface area contributed by atoms with E-state index < -0.39 is 7.82 Å². The molecular weight excluding hydrogens is 231 g/mol. The summed E-state index contributed by atoms with van der Waals surface area (Å²) in [4.78, 5) is 26.1. The Morgan fingerprint density at radius 2 is 2.00 bits per heavy atom. The van der Waals surface area contributed by atoms with Crippen molar-refractivity contribution in [2.45, 2.75) is 20.0 Å². The molecule has 6 nitrogen and oxygen atoms in total. The summed E-state index contributed by atoms with van der Waals surface area (Å²) in [6.07, 6.45) is 4.58. The first-order chi connectivity index (χ1) is 7.16. The fraction of sp³-hybridized carbons (Fsp3) is 0.556. The van der Waals surface area contributed by atoms with Crippen LogP contribution in [0.5, 0.6) is 0 Å². The van der Waals surface area contributed by atoms with E-state index >= 15 is 0 Å². The molecule has 94 valence electrons. The molecule has 0 saturated carbocycles. The third-order valence-corrected chi connectivity index (χ3v) is 2.29. The fourth-order valence-electron chi connectivity index (χ4n) is 1.31. The molecule has 0 saturated heterocycles. The van der Waals surface area contributed by atoms with Gasteiger partial charge in [0.05, 0.1) is 6.17 Å². The van der Waals surface area contributed by atoms with Gasteiger partial charge >= 0.3 is 7.82 Å². The Hall–Kier alpha value is -0.810. The van der Waals surface area contributed by atoms with Crippen LogP contribution in [0.1, 0.15) is 13.8 Å². The van der Waals surface area contributed by atoms with Crippen LogP contribution in [0.4, 0.5) is 0 Å². The smallest absolute Gasteiger partial charge is 0.357 e. The van der Waals surface area contributed by atoms with Gasteiger partial charge in [0, 0.05) is 25.5 Å². The van der Waals surface area contributed by atoms with Crippen molar-refractivity contribution in [1.82, 2.24) is 9.80 Å². The van der Waals surface area contributed by atoms with E-state index in [0.717, 1.165) is 6.54 Å². The second-order valence-corrected chi connectivity index (χ2v) is 4.54. The van der Waals surface area contributed by atoms with Gasteiger partial charge in [0.1, 0.15) is 0 Å². The van der Waals surface area contributed by atoms with E-state index in [-0.39, 0.29) is 0 Å². The van der Waals surface area contributed by atoms with Crippen molar-refractivity contribution in [3.8, 4) is 0 Å². The zero-order valence-electron chi connectivity index (χ0n) is 9.74. The Balaban J connectivity index is 0.000000385. The minimum Gasteiger partial charge on any atom is -0.357 e. The third kappa shape index (κ3) is 5.92. The number of nitrogens with zero attached hydrogens (tertiary/aromatic N) is 2. The molecule has 0 amide bonds. The molecule has 0 aromatic carbocycles. The van der Waals surface area contributed by atoms with Crippen LogP contribution in [0.3, 0.4) is 0 Å². The Bertz CT molecular complexity index is 304. The van der Waals surface area contributed by atoms with Crippen molar-refractivity contribution in [3.05, 3.63) is 24.6 Å². The van der Waals surface area contributed by atoms with Crippen LogP contribution in [0.2, 0.25) is 0 Å². The zero-order valence-corrected chi connectivity index (χ0v) is 10.6. The molecule has 1 aliphatic rings. The van der Waals surface area contributed by atoms with E-state index in [1.165, 1.54) is 5.70 Å². The van der Waals surface area contributed by atoms with Gasteiger partial charge in [-0.15, -0.1) is 6.58 Å². The largest absolute Gasteiger partial charge is 0.466 e. The number of hydrogen-bond donors (Lipinski definition) is 3. The molecule has 3 N–H and O–H groups in total. The van der Waals surface area contributed by atoms with E-state index in [1.54, 1.807) is 0 Å². The topological polar surface area (TPSA) is 84.2 Å². The van der Waals surface area contributed by atoms with Gasteiger partial charge in [-0.3, -0.25) is 0 Å². The third-order valence-electron chi connectivity index (χ3n) is 2.29. The summed E-state index contributed by atoms with van der Waals surface area (Å²) in [6, 6.07) is 0. The van der Waals surface area contributed by atoms with Crippen LogP contribution in [-0.4, -0.2) is 44.2 Å². The predicted octanol–water partition coefficient (Wildman–Crippen LogP) is 0.698. The monoisotopic (exact) mass is 250 g/mol. The molecular formula is C9H19N2O4P. The average molecular weight is 250 g/mol. The molecule has 0 fully saturated rings. The second-order valence-electron chi connectivity index (χ2n) is 3.51. The molecule has 1 atom stereocenters. The van der Waals surface area contributed by atoms with Crippen molar-refractivity contribution < 1.29 is 19.2 Å². The summed E-state index contributed by atoms with van der Waals surface area (Å²) in [5, 5.41) is 0. The maximum Gasteiger partial charge on any atom is 0.466 e. The van der Waals surface area contributed by atoms with Gasteiger partial charge in [0.15, 0.2) is 0 Å². The molecule has 1 heterocycles. The number of rotatable bonds is 2. The van der Waals surface area contributed by atoms with Gasteiger partial charge in [-0.1, -0.05) is 6.08 Å². The second kappa shape index (κ2) is 6.06. The molecule has 0 spiro atoms. The van der Waals surface area contributed by atoms with E-state index in [2.05, 4.69) is 43.5 Å². The van der Waals surface area contributed by atoms with Gasteiger partial charge in [0.25, 0.3) is 0 Å². The minimum absolute atomic E-state index is 0.480. The highest BCUT2D eigenvalue weighted by Gasteiger charge is 2.21. The first kappa shape index (κ1) is 15.2. The Labute approximate surface area is 95.7 Å². The van der Waals surface area contributed by atoms with Gasteiger partial charge in [-0.05, 0) is 13.8 Å². The van der Waals surface area contributed by atoms with Crippen molar-refractivity contribution in [2.24, 2.45) is 0 Å². The lowest BCUT2D eigenvalue weighted by Gasteiger charge is -2.26. The molecule has 0 aliphatic carbocycles. The van der Waals surface area contributed by atoms with Crippen LogP contribution in [-0.2, 0) is 4.57 Å². The number of allylic oxidation sites excluding steroid dienone is 1. The molecule has 0 radical (unpaired) electrons. The van der Waals surface area contributed by atoms with E-state index in [9.17, 15) is 0 Å². The van der Waals surface area contributed by atoms with Crippen molar-refractivity contribution in [1.29, 1.82) is 0 Å². The summed E-state index contributed by atoms with van der Waals surface area (Å²) < 4.78 is 8.88. The average Bonchev–Trinajstić information content (AvgIpc) is 2.32. The normalized spacial score (nSPS) is 20.1. The van der Waals surface area contributed by atoms with Crippen LogP contribution < -0.4 is 0 Å². The summed E-state index contributed by atoms with van der Waals surface area (Å²) in [5.41, 5.74) is 1.32. The number of hydrogen-bond acceptors (Lipinski definition) is 3. The van der Waals surface area contributed by atoms with Crippen LogP contribution >= 0.6 is 7.82 Å². The predicted molar refractivity (Wildman–Crippen MR) is 62.1 cm³/mol. The van der Waals surface area contributed by atoms with Gasteiger partial charge in [-0.25, -0.2) is 4.57 Å². The maximum absolute atomic E-state index is 8.88. The molecule has 1 aliphatic heterocycles. The fourth-order valence-corrected chi connectivity index (χ4v) is 1.31. The summed E-state index contributed by atoms with van der Waals surface area (Å²) in [6.45, 7) is 8.97. The highest BCUT2D eigenvalue weighted by atomic mass is 31.2. The summed E-state index contributed by atoms with van der Waals surface area (Å²) in [7, 11) is -2.53. The van der Waals surface area contributed by atoms with Gasteiger partial charge < -0.3 is 24.5 Å². The molecule has 16 heavy (non-hydrogen) atoms. The number of phosphoric acid groups is 1. The van der Waals surface area contributed by atoms with Gasteiger partial charge in [-0.2, -0.15) is 0 Å². The van der Waals surface area contributed by atoms with Crippen LogP contribution in [0, 0.1) is 0 Å². The molecule has 0 aromatic heterocycles. The quantitative estimate of drug-likeness (QED) is 0.494. The first-order valence-corrected chi connectivity index (χ1v) is 6.29. The Morgan fingerprint density at radius 3 is 2.25 bits per heavy atom. The van der Waals surface area contributed by atoms with E-state index in [0.29, 0.717) is 6.17 Å². The van der Waals surface area contributed by atoms with Gasteiger partial charge in [0.2, 0.25) is 0 Å². The van der Waals surface area contributed by atoms with Crippen LogP contribution in [0.25, 0.3) is 0 Å². The zero-order chi connectivity index (χ0) is 12.9. The highest BCUT2D eigenvalue weighted by molar-refractivity contribution is 7.45. The lowest BCUT2D eigenvalue weighted by Crippen LogP contribution is -2.34. The summed E-state index contributed by atoms with van der Waals surface area (Å²) >= 11 is 0. The van der Waals surface area contributed by atoms with Crippen LogP contribution in [0.15, 0.2) is 24.6 Å². The lowest BCUT2D eigenvalue weighted by molar-refractivity contribution is 0.202. The molecule has 0 aromatic rings. The maximum atomic E-state index is 8.88. The van der Waals surface area contributed by atoms with E-state index in [4.69, 9.17) is 19.2 Å². The minimum atomic E-state index is -4.64. The first-order valence-electron chi connectivity index (χ1n) is 4.73. The summed E-state index contributed by atoms with van der Waals surface area (Å²) in [5.74, 6) is 0. The van der Waals surface area contributed by atoms with E-state index in [1.807, 2.05) is 6.08 Å². The molecule has 1 rings (SSSR count). The Kier molecular flexibility index (Phi) is 5.75. The molecule has 7 heteroatoms. The van der Waals surface area contributed by atoms with Crippen molar-refractivity contribution >= 4 is 7.82 Å². The van der Waals surface area contributed by atoms with Crippen molar-refractivity contribution in [3.63, 3.8) is 0 Å². The van der Waals surface area contributed by atoms with Crippen molar-refractivity contribution in [2.75, 3.05) is 13.6 Å². The lowest BCUT2D eigenvalue weighted by atomic mass is 10.4. The highest BCUT2D eigenvalue weighted by Crippen LogP contribution is 2.25. The molecule has 1 unspecified atom stereocenters. The molecule has 0 bridgehead atoms. The SMILES string of the molecule is C=CCN1C=C(C)N(C)C1C.O=P(O)(O)O.